The number of hydrogen-bond donors (Lipinski definition) is 1. The van der Waals surface area contributed by atoms with Crippen LogP contribution in [0.1, 0.15) is 41.5 Å². The molecule has 2 aromatic carbocycles. The lowest BCUT2D eigenvalue weighted by Crippen LogP contribution is -2.27. The van der Waals surface area contributed by atoms with Gasteiger partial charge in [-0.25, -0.2) is 4.68 Å². The van der Waals surface area contributed by atoms with Crippen molar-refractivity contribution in [3.05, 3.63) is 76.6 Å². The number of aromatic nitrogens is 2. The highest BCUT2D eigenvalue weighted by atomic mass is 35.5. The van der Waals surface area contributed by atoms with Crippen LogP contribution in [0.15, 0.2) is 54.6 Å². The summed E-state index contributed by atoms with van der Waals surface area (Å²) in [5.74, 6) is 0.524. The zero-order valence-corrected chi connectivity index (χ0v) is 16.3. The summed E-state index contributed by atoms with van der Waals surface area (Å²) in [5.41, 5.74) is 2.73. The van der Waals surface area contributed by atoms with Crippen LogP contribution in [-0.4, -0.2) is 22.3 Å². The van der Waals surface area contributed by atoms with E-state index in [0.717, 1.165) is 17.0 Å². The smallest absolute Gasteiger partial charge is 0.256 e. The minimum Gasteiger partial charge on any atom is -0.494 e. The average Bonchev–Trinajstić information content (AvgIpc) is 2.97. The topological polar surface area (TPSA) is 56.1 Å². The van der Waals surface area contributed by atoms with Crippen molar-refractivity contribution in [2.75, 3.05) is 6.61 Å². The lowest BCUT2D eigenvalue weighted by Gasteiger charge is -2.15. The number of aryl methyl sites for hydroxylation is 1. The fraction of sp³-hybridized carbons (Fsp3) is 0.238. The molecule has 6 heteroatoms. The number of para-hydroxylation sites is 1. The van der Waals surface area contributed by atoms with Gasteiger partial charge in [-0.05, 0) is 50.6 Å². The lowest BCUT2D eigenvalue weighted by molar-refractivity contribution is 0.0939. The highest BCUT2D eigenvalue weighted by molar-refractivity contribution is 6.33. The second-order valence-corrected chi connectivity index (χ2v) is 6.56. The number of halogens is 1. The summed E-state index contributed by atoms with van der Waals surface area (Å²) < 4.78 is 7.11. The van der Waals surface area contributed by atoms with Gasteiger partial charge in [-0.15, -0.1) is 0 Å². The molecule has 0 saturated heterocycles. The van der Waals surface area contributed by atoms with E-state index in [0.29, 0.717) is 23.0 Å². The van der Waals surface area contributed by atoms with Gasteiger partial charge in [0.1, 0.15) is 10.9 Å². The minimum absolute atomic E-state index is 0.201. The molecule has 5 nitrogen and oxygen atoms in total. The summed E-state index contributed by atoms with van der Waals surface area (Å²) in [6.07, 6.45) is 0. The first-order valence-corrected chi connectivity index (χ1v) is 9.23. The number of nitrogens with zero attached hydrogens (tertiary/aromatic N) is 2. The molecule has 0 aliphatic heterocycles. The van der Waals surface area contributed by atoms with E-state index in [1.165, 1.54) is 0 Å². The fourth-order valence-electron chi connectivity index (χ4n) is 2.89. The molecule has 1 amide bonds. The van der Waals surface area contributed by atoms with Gasteiger partial charge in [0.15, 0.2) is 0 Å². The third kappa shape index (κ3) is 4.14. The standard InChI is InChI=1S/C21H22ClN3O2/c1-4-27-18-12-8-9-16(13-18)14(2)23-21(26)19-15(3)24-25(20(19)22)17-10-6-5-7-11-17/h5-14H,4H2,1-3H3,(H,23,26). The second-order valence-electron chi connectivity index (χ2n) is 6.20. The highest BCUT2D eigenvalue weighted by Gasteiger charge is 2.22. The van der Waals surface area contributed by atoms with E-state index in [9.17, 15) is 4.79 Å². The zero-order chi connectivity index (χ0) is 19.4. The molecule has 140 valence electrons. The number of hydrogen-bond acceptors (Lipinski definition) is 3. The third-order valence-electron chi connectivity index (χ3n) is 4.25. The Balaban J connectivity index is 1.82. The van der Waals surface area contributed by atoms with E-state index in [-0.39, 0.29) is 11.9 Å². The number of nitrogens with one attached hydrogen (secondary N) is 1. The number of rotatable bonds is 6. The molecule has 27 heavy (non-hydrogen) atoms. The molecule has 0 aliphatic carbocycles. The van der Waals surface area contributed by atoms with Crippen molar-refractivity contribution < 1.29 is 9.53 Å². The summed E-state index contributed by atoms with van der Waals surface area (Å²) in [4.78, 5) is 12.8. The van der Waals surface area contributed by atoms with E-state index in [1.54, 1.807) is 11.6 Å². The van der Waals surface area contributed by atoms with Gasteiger partial charge in [0, 0.05) is 0 Å². The normalized spacial score (nSPS) is 11.9. The van der Waals surface area contributed by atoms with Crippen LogP contribution in [0.3, 0.4) is 0 Å². The zero-order valence-electron chi connectivity index (χ0n) is 15.6. The highest BCUT2D eigenvalue weighted by Crippen LogP contribution is 2.25. The van der Waals surface area contributed by atoms with Gasteiger partial charge in [0.25, 0.3) is 5.91 Å². The fourth-order valence-corrected chi connectivity index (χ4v) is 3.25. The van der Waals surface area contributed by atoms with E-state index in [4.69, 9.17) is 16.3 Å². The maximum Gasteiger partial charge on any atom is 0.256 e. The van der Waals surface area contributed by atoms with Crippen molar-refractivity contribution in [1.29, 1.82) is 0 Å². The largest absolute Gasteiger partial charge is 0.494 e. The number of carbonyl (C=O) groups is 1. The molecule has 3 rings (SSSR count). The summed E-state index contributed by atoms with van der Waals surface area (Å²) >= 11 is 6.47. The Labute approximate surface area is 163 Å². The first-order chi connectivity index (χ1) is 13.0. The molecule has 0 saturated carbocycles. The van der Waals surface area contributed by atoms with Crippen LogP contribution in [0.25, 0.3) is 5.69 Å². The SMILES string of the molecule is CCOc1cccc(C(C)NC(=O)c2c(C)nn(-c3ccccc3)c2Cl)c1. The molecule has 1 aromatic heterocycles. The van der Waals surface area contributed by atoms with Crippen molar-refractivity contribution >= 4 is 17.5 Å². The van der Waals surface area contributed by atoms with E-state index >= 15 is 0 Å². The van der Waals surface area contributed by atoms with Gasteiger partial charge in [0.05, 0.1) is 29.6 Å². The molecule has 0 fully saturated rings. The lowest BCUT2D eigenvalue weighted by atomic mass is 10.1. The van der Waals surface area contributed by atoms with Gasteiger partial charge in [-0.3, -0.25) is 4.79 Å². The average molecular weight is 384 g/mol. The van der Waals surface area contributed by atoms with Crippen molar-refractivity contribution in [2.45, 2.75) is 26.8 Å². The van der Waals surface area contributed by atoms with Crippen LogP contribution in [0.2, 0.25) is 5.15 Å². The van der Waals surface area contributed by atoms with Crippen molar-refractivity contribution in [1.82, 2.24) is 15.1 Å². The van der Waals surface area contributed by atoms with Gasteiger partial charge >= 0.3 is 0 Å². The predicted octanol–water partition coefficient (Wildman–Crippen LogP) is 4.72. The van der Waals surface area contributed by atoms with Crippen LogP contribution >= 0.6 is 11.6 Å². The minimum atomic E-state index is -0.256. The molecule has 1 N–H and O–H groups in total. The predicted molar refractivity (Wildman–Crippen MR) is 107 cm³/mol. The summed E-state index contributed by atoms with van der Waals surface area (Å²) in [6, 6.07) is 17.0. The van der Waals surface area contributed by atoms with Gasteiger partial charge in [-0.2, -0.15) is 5.10 Å². The van der Waals surface area contributed by atoms with Crippen LogP contribution in [0, 0.1) is 6.92 Å². The van der Waals surface area contributed by atoms with Crippen LogP contribution in [0.4, 0.5) is 0 Å². The monoisotopic (exact) mass is 383 g/mol. The molecule has 1 unspecified atom stereocenters. The summed E-state index contributed by atoms with van der Waals surface area (Å²) in [5, 5.41) is 7.72. The van der Waals surface area contributed by atoms with Crippen LogP contribution < -0.4 is 10.1 Å². The quantitative estimate of drug-likeness (QED) is 0.669. The molecule has 1 atom stereocenters. The number of amides is 1. The van der Waals surface area contributed by atoms with Crippen molar-refractivity contribution in [2.24, 2.45) is 0 Å². The third-order valence-corrected chi connectivity index (χ3v) is 4.60. The second kappa shape index (κ2) is 8.27. The Bertz CT molecular complexity index is 938. The van der Waals surface area contributed by atoms with Crippen LogP contribution in [-0.2, 0) is 0 Å². The molecule has 0 aliphatic rings. The Morgan fingerprint density at radius 1 is 1.22 bits per heavy atom. The van der Waals surface area contributed by atoms with E-state index in [1.807, 2.05) is 68.4 Å². The van der Waals surface area contributed by atoms with Gasteiger partial charge in [-0.1, -0.05) is 41.9 Å². The van der Waals surface area contributed by atoms with E-state index in [2.05, 4.69) is 10.4 Å². The maximum absolute atomic E-state index is 12.8. The molecular formula is C21H22ClN3O2. The summed E-state index contributed by atoms with van der Waals surface area (Å²) in [6.45, 7) is 6.24. The molecule has 1 heterocycles. The number of ether oxygens (including phenoxy) is 1. The Morgan fingerprint density at radius 3 is 2.67 bits per heavy atom. The first kappa shape index (κ1) is 19.0. The van der Waals surface area contributed by atoms with E-state index < -0.39 is 0 Å². The molecular weight excluding hydrogens is 362 g/mol. The molecule has 0 spiro atoms. The molecule has 0 radical (unpaired) electrons. The van der Waals surface area contributed by atoms with Crippen molar-refractivity contribution in [3.63, 3.8) is 0 Å². The molecule has 3 aromatic rings. The molecule has 0 bridgehead atoms. The Hall–Kier alpha value is -2.79. The number of carbonyl (C=O) groups excluding carboxylic acids is 1. The van der Waals surface area contributed by atoms with Gasteiger partial charge < -0.3 is 10.1 Å². The van der Waals surface area contributed by atoms with Crippen LogP contribution in [0.5, 0.6) is 5.75 Å². The Kier molecular flexibility index (Phi) is 5.81. The van der Waals surface area contributed by atoms with Gasteiger partial charge in [0.2, 0.25) is 0 Å². The maximum atomic E-state index is 12.8. The first-order valence-electron chi connectivity index (χ1n) is 8.85. The van der Waals surface area contributed by atoms with Crippen molar-refractivity contribution in [3.8, 4) is 11.4 Å². The number of benzene rings is 2. The summed E-state index contributed by atoms with van der Waals surface area (Å²) in [7, 11) is 0. The Morgan fingerprint density at radius 2 is 1.96 bits per heavy atom.